The van der Waals surface area contributed by atoms with Crippen molar-refractivity contribution >= 4 is 22.3 Å². The molecule has 0 aliphatic rings. The molecule has 3 aromatic carbocycles. The van der Waals surface area contributed by atoms with Gasteiger partial charge in [0.15, 0.2) is 0 Å². The van der Waals surface area contributed by atoms with Crippen molar-refractivity contribution in [2.24, 2.45) is 0 Å². The largest absolute Gasteiger partial charge is 0.534 e. The first-order chi connectivity index (χ1) is 17.1. The van der Waals surface area contributed by atoms with Gasteiger partial charge in [0.05, 0.1) is 5.60 Å². The molecule has 0 aliphatic heterocycles. The van der Waals surface area contributed by atoms with Crippen LogP contribution in [0, 0.1) is 0 Å². The molecule has 0 unspecified atom stereocenters. The van der Waals surface area contributed by atoms with Gasteiger partial charge in [-0.25, -0.2) is 0 Å². The highest BCUT2D eigenvalue weighted by Crippen LogP contribution is 2.34. The first kappa shape index (κ1) is 27.2. The van der Waals surface area contributed by atoms with E-state index in [-0.39, 0.29) is 17.7 Å². The first-order valence-corrected chi connectivity index (χ1v) is 12.6. The lowest BCUT2D eigenvalue weighted by atomic mass is 9.86. The van der Waals surface area contributed by atoms with Crippen LogP contribution >= 0.6 is 0 Å². The molecule has 8 heteroatoms. The molecule has 0 saturated heterocycles. The maximum absolute atomic E-state index is 13.0. The Morgan fingerprint density at radius 1 is 0.750 bits per heavy atom. The summed E-state index contributed by atoms with van der Waals surface area (Å²) >= 11 is 0. The number of hydrogen-bond acceptors (Lipinski definition) is 4. The third-order valence-corrected chi connectivity index (χ3v) is 6.57. The fourth-order valence-corrected chi connectivity index (χ4v) is 4.15. The minimum absolute atomic E-state index is 0.116. The van der Waals surface area contributed by atoms with Gasteiger partial charge < -0.3 is 8.92 Å². The molecule has 0 fully saturated rings. The lowest BCUT2D eigenvalue weighted by Crippen LogP contribution is -2.34. The Bertz CT molecular complexity index is 1220. The molecule has 3 aromatic rings. The topological polar surface area (TPSA) is 52.6 Å². The van der Waals surface area contributed by atoms with Crippen LogP contribution in [0.4, 0.5) is 13.2 Å². The van der Waals surface area contributed by atoms with Gasteiger partial charge in [0.25, 0.3) is 0 Å². The maximum atomic E-state index is 13.0. The van der Waals surface area contributed by atoms with Crippen LogP contribution in [0.3, 0.4) is 0 Å². The molecule has 0 aliphatic carbocycles. The molecular formula is C28H27F3O4S. The molecule has 0 N–H and O–H groups in total. The molecule has 3 rings (SSSR count). The van der Waals surface area contributed by atoms with Gasteiger partial charge in [-0.2, -0.15) is 21.6 Å². The molecule has 36 heavy (non-hydrogen) atoms. The average molecular weight is 517 g/mol. The van der Waals surface area contributed by atoms with Gasteiger partial charge in [-0.05, 0) is 35.6 Å². The Morgan fingerprint density at radius 2 is 1.22 bits per heavy atom. The van der Waals surface area contributed by atoms with Crippen LogP contribution < -0.4 is 4.18 Å². The summed E-state index contributed by atoms with van der Waals surface area (Å²) in [6.45, 7) is 0. The molecule has 0 amide bonds. The van der Waals surface area contributed by atoms with E-state index in [0.717, 1.165) is 11.1 Å². The van der Waals surface area contributed by atoms with Crippen molar-refractivity contribution in [3.8, 4) is 5.75 Å². The van der Waals surface area contributed by atoms with Gasteiger partial charge in [0.2, 0.25) is 0 Å². The standard InChI is InChI=1S/C28H27F3O4S/c1-34-27(20-10-16-23-12-4-2-5-13-23,21-11-17-24-14-6-3-7-15-24)22-25-18-8-9-19-26(25)35-36(32,33)28(29,30)31/h2-19H,20-22H2,1H3/b16-10+,17-11+. The van der Waals surface area contributed by atoms with E-state index >= 15 is 0 Å². The molecule has 0 saturated carbocycles. The Hall–Kier alpha value is -3.36. The van der Waals surface area contributed by atoms with E-state index in [1.165, 1.54) is 25.3 Å². The number of alkyl halides is 3. The van der Waals surface area contributed by atoms with Gasteiger partial charge in [0.1, 0.15) is 5.75 Å². The quantitative estimate of drug-likeness (QED) is 0.202. The van der Waals surface area contributed by atoms with Gasteiger partial charge in [-0.1, -0.05) is 103 Å². The van der Waals surface area contributed by atoms with Crippen LogP contribution in [0.2, 0.25) is 0 Å². The summed E-state index contributed by atoms with van der Waals surface area (Å²) in [5.41, 5.74) is -4.15. The minimum atomic E-state index is -5.81. The Balaban J connectivity index is 1.91. The summed E-state index contributed by atoms with van der Waals surface area (Å²) in [7, 11) is -4.28. The second-order valence-electron chi connectivity index (χ2n) is 8.19. The highest BCUT2D eigenvalue weighted by molar-refractivity contribution is 7.88. The van der Waals surface area contributed by atoms with Gasteiger partial charge >= 0.3 is 15.6 Å². The van der Waals surface area contributed by atoms with Crippen molar-refractivity contribution in [2.75, 3.05) is 7.11 Å². The summed E-state index contributed by atoms with van der Waals surface area (Å²) in [5.74, 6) is -0.379. The monoisotopic (exact) mass is 516 g/mol. The van der Waals surface area contributed by atoms with Crippen LogP contribution in [-0.2, 0) is 21.3 Å². The van der Waals surface area contributed by atoms with E-state index in [1.54, 1.807) is 6.07 Å². The Morgan fingerprint density at radius 3 is 1.69 bits per heavy atom. The fourth-order valence-electron chi connectivity index (χ4n) is 3.66. The number of benzene rings is 3. The summed E-state index contributed by atoms with van der Waals surface area (Å²) < 4.78 is 72.6. The molecule has 0 spiro atoms. The highest BCUT2D eigenvalue weighted by atomic mass is 32.2. The minimum Gasteiger partial charge on any atom is -0.377 e. The van der Waals surface area contributed by atoms with Crippen molar-refractivity contribution in [1.29, 1.82) is 0 Å². The second kappa shape index (κ2) is 12.1. The zero-order valence-corrected chi connectivity index (χ0v) is 20.5. The molecular weight excluding hydrogens is 489 g/mol. The lowest BCUT2D eigenvalue weighted by Gasteiger charge is -2.31. The summed E-state index contributed by atoms with van der Waals surface area (Å²) in [6, 6.07) is 25.1. The van der Waals surface area contributed by atoms with E-state index in [9.17, 15) is 21.6 Å². The van der Waals surface area contributed by atoms with Crippen LogP contribution in [0.1, 0.15) is 29.5 Å². The number of para-hydroxylation sites is 1. The number of ether oxygens (including phenoxy) is 1. The predicted molar refractivity (Wildman–Crippen MR) is 136 cm³/mol. The van der Waals surface area contributed by atoms with Crippen molar-refractivity contribution in [1.82, 2.24) is 0 Å². The molecule has 4 nitrogen and oxygen atoms in total. The number of hydrogen-bond donors (Lipinski definition) is 0. The van der Waals surface area contributed by atoms with Crippen molar-refractivity contribution in [3.63, 3.8) is 0 Å². The van der Waals surface area contributed by atoms with Crippen LogP contribution in [0.25, 0.3) is 12.2 Å². The van der Waals surface area contributed by atoms with E-state index in [1.807, 2.05) is 85.0 Å². The number of methoxy groups -OCH3 is 1. The average Bonchev–Trinajstić information content (AvgIpc) is 2.85. The molecule has 0 heterocycles. The first-order valence-electron chi connectivity index (χ1n) is 11.2. The third-order valence-electron chi connectivity index (χ3n) is 5.60. The van der Waals surface area contributed by atoms with E-state index in [0.29, 0.717) is 12.8 Å². The normalized spacial score (nSPS) is 12.9. The number of halogens is 3. The van der Waals surface area contributed by atoms with Crippen LogP contribution in [0.15, 0.2) is 97.1 Å². The van der Waals surface area contributed by atoms with Crippen molar-refractivity contribution < 1.29 is 30.5 Å². The lowest BCUT2D eigenvalue weighted by molar-refractivity contribution is -0.0500. The summed E-state index contributed by atoms with van der Waals surface area (Å²) in [4.78, 5) is 0. The van der Waals surface area contributed by atoms with Gasteiger partial charge in [-0.3, -0.25) is 0 Å². The van der Waals surface area contributed by atoms with Crippen LogP contribution in [-0.4, -0.2) is 26.6 Å². The van der Waals surface area contributed by atoms with Gasteiger partial charge in [0, 0.05) is 13.5 Å². The predicted octanol–water partition coefficient (Wildman–Crippen LogP) is 7.05. The van der Waals surface area contributed by atoms with E-state index in [2.05, 4.69) is 4.18 Å². The second-order valence-corrected chi connectivity index (χ2v) is 9.73. The van der Waals surface area contributed by atoms with Crippen LogP contribution in [0.5, 0.6) is 5.75 Å². The highest BCUT2D eigenvalue weighted by Gasteiger charge is 2.49. The SMILES string of the molecule is COC(C/C=C/c1ccccc1)(C/C=C/c1ccccc1)Cc1ccccc1OS(=O)(=O)C(F)(F)F. The van der Waals surface area contributed by atoms with E-state index < -0.39 is 21.2 Å². The smallest absolute Gasteiger partial charge is 0.377 e. The Kier molecular flexibility index (Phi) is 9.12. The van der Waals surface area contributed by atoms with E-state index in [4.69, 9.17) is 4.74 Å². The fraction of sp³-hybridized carbons (Fsp3) is 0.214. The maximum Gasteiger partial charge on any atom is 0.534 e. The van der Waals surface area contributed by atoms with Crippen molar-refractivity contribution in [2.45, 2.75) is 30.4 Å². The molecule has 190 valence electrons. The number of rotatable bonds is 11. The zero-order valence-electron chi connectivity index (χ0n) is 19.7. The molecule has 0 bridgehead atoms. The Labute approximate surface area is 209 Å². The van der Waals surface area contributed by atoms with Gasteiger partial charge in [-0.15, -0.1) is 0 Å². The molecule has 0 radical (unpaired) electrons. The molecule has 0 aromatic heterocycles. The summed E-state index contributed by atoms with van der Waals surface area (Å²) in [6.07, 6.45) is 8.69. The summed E-state index contributed by atoms with van der Waals surface area (Å²) in [5, 5.41) is 0. The zero-order chi connectivity index (χ0) is 26.1. The molecule has 0 atom stereocenters. The van der Waals surface area contributed by atoms with Crippen molar-refractivity contribution in [3.05, 3.63) is 114 Å². The third kappa shape index (κ3) is 7.57.